The van der Waals surface area contributed by atoms with Crippen molar-refractivity contribution in [1.82, 2.24) is 5.32 Å². The summed E-state index contributed by atoms with van der Waals surface area (Å²) in [7, 11) is 0. The Labute approximate surface area is 152 Å². The van der Waals surface area contributed by atoms with Gasteiger partial charge in [-0.2, -0.15) is 0 Å². The number of hydrogen-bond donors (Lipinski definition) is 1. The van der Waals surface area contributed by atoms with E-state index in [1.165, 1.54) is 16.9 Å². The van der Waals surface area contributed by atoms with E-state index in [0.717, 1.165) is 10.4 Å². The Bertz CT molecular complexity index is 747. The number of carbonyl (C=O) groups excluding carboxylic acids is 3. The van der Waals surface area contributed by atoms with Gasteiger partial charge < -0.3 is 5.32 Å². The molecule has 132 valence electrons. The third kappa shape index (κ3) is 6.63. The first-order valence-corrected chi connectivity index (χ1v) is 9.19. The smallest absolute Gasteiger partial charge is 0.220 e. The molecule has 0 saturated carbocycles. The molecule has 0 bridgehead atoms. The van der Waals surface area contributed by atoms with Gasteiger partial charge in [-0.25, -0.2) is 0 Å². The number of hydrogen-bond acceptors (Lipinski definition) is 4. The highest BCUT2D eigenvalue weighted by Gasteiger charge is 2.12. The SMILES string of the molecule is Cc1ccc(CNC(=O)CCC(=O)CCC(=O)c2ccc(C)s2)cc1. The normalized spacial score (nSPS) is 10.5. The molecule has 1 aromatic carbocycles. The lowest BCUT2D eigenvalue weighted by molar-refractivity contribution is -0.125. The van der Waals surface area contributed by atoms with Crippen LogP contribution in [0, 0.1) is 13.8 Å². The van der Waals surface area contributed by atoms with Crippen molar-refractivity contribution in [1.29, 1.82) is 0 Å². The van der Waals surface area contributed by atoms with Crippen LogP contribution in [0.1, 0.15) is 51.4 Å². The molecule has 5 heteroatoms. The Balaban J connectivity index is 1.64. The molecule has 1 heterocycles. The Hall–Kier alpha value is -2.27. The fraction of sp³-hybridized carbons (Fsp3) is 0.350. The molecule has 2 rings (SSSR count). The molecule has 25 heavy (non-hydrogen) atoms. The second kappa shape index (κ2) is 9.28. The van der Waals surface area contributed by atoms with Gasteiger partial charge in [-0.15, -0.1) is 11.3 Å². The first kappa shape index (κ1) is 19.1. The molecule has 0 radical (unpaired) electrons. The summed E-state index contributed by atoms with van der Waals surface area (Å²) in [5, 5.41) is 2.81. The van der Waals surface area contributed by atoms with Crippen molar-refractivity contribution in [2.24, 2.45) is 0 Å². The van der Waals surface area contributed by atoms with Crippen LogP contribution in [0.25, 0.3) is 0 Å². The molecule has 0 aliphatic carbocycles. The minimum atomic E-state index is -0.144. The van der Waals surface area contributed by atoms with Crippen molar-refractivity contribution in [2.45, 2.75) is 46.1 Å². The van der Waals surface area contributed by atoms with Gasteiger partial charge in [-0.1, -0.05) is 29.8 Å². The molecule has 1 amide bonds. The molecular weight excluding hydrogens is 334 g/mol. The zero-order valence-corrected chi connectivity index (χ0v) is 15.4. The highest BCUT2D eigenvalue weighted by atomic mass is 32.1. The van der Waals surface area contributed by atoms with Crippen LogP contribution in [-0.2, 0) is 16.1 Å². The number of nitrogens with one attached hydrogen (secondary N) is 1. The third-order valence-corrected chi connectivity index (χ3v) is 4.93. The van der Waals surface area contributed by atoms with E-state index < -0.39 is 0 Å². The summed E-state index contributed by atoms with van der Waals surface area (Å²) in [6.45, 7) is 4.42. The summed E-state index contributed by atoms with van der Waals surface area (Å²) in [5.41, 5.74) is 2.20. The standard InChI is InChI=1S/C20H23NO3S/c1-14-3-6-16(7-4-14)13-21-20(24)12-9-17(22)8-10-18(23)19-11-5-15(2)25-19/h3-7,11H,8-10,12-13H2,1-2H3,(H,21,24). The van der Waals surface area contributed by atoms with Gasteiger partial charge in [-0.05, 0) is 31.5 Å². The largest absolute Gasteiger partial charge is 0.352 e. The maximum atomic E-state index is 12.0. The topological polar surface area (TPSA) is 63.2 Å². The number of aryl methyl sites for hydroxylation is 2. The second-order valence-corrected chi connectivity index (χ2v) is 7.42. The summed E-state index contributed by atoms with van der Waals surface area (Å²) in [6, 6.07) is 11.6. The van der Waals surface area contributed by atoms with Crippen molar-refractivity contribution < 1.29 is 14.4 Å². The zero-order chi connectivity index (χ0) is 18.2. The quantitative estimate of drug-likeness (QED) is 0.690. The summed E-state index contributed by atoms with van der Waals surface area (Å²) >= 11 is 1.45. The molecule has 0 fully saturated rings. The monoisotopic (exact) mass is 357 g/mol. The molecular formula is C20H23NO3S. The van der Waals surface area contributed by atoms with Crippen molar-refractivity contribution in [2.75, 3.05) is 0 Å². The maximum absolute atomic E-state index is 12.0. The summed E-state index contributed by atoms with van der Waals surface area (Å²) < 4.78 is 0. The van der Waals surface area contributed by atoms with E-state index in [2.05, 4.69) is 5.32 Å². The highest BCUT2D eigenvalue weighted by Crippen LogP contribution is 2.17. The maximum Gasteiger partial charge on any atom is 0.220 e. The summed E-state index contributed by atoms with van der Waals surface area (Å²) in [4.78, 5) is 37.4. The number of carbonyl (C=O) groups is 3. The summed E-state index contributed by atoms with van der Waals surface area (Å²) in [5.74, 6) is -0.198. The molecule has 0 unspecified atom stereocenters. The third-order valence-electron chi connectivity index (χ3n) is 3.89. The molecule has 0 aliphatic heterocycles. The van der Waals surface area contributed by atoms with Gasteiger partial charge in [0, 0.05) is 37.1 Å². The van der Waals surface area contributed by atoms with Gasteiger partial charge in [-0.3, -0.25) is 14.4 Å². The van der Waals surface area contributed by atoms with Crippen LogP contribution in [0.5, 0.6) is 0 Å². The van der Waals surface area contributed by atoms with E-state index in [1.54, 1.807) is 6.07 Å². The fourth-order valence-corrected chi connectivity index (χ4v) is 3.17. The Kier molecular flexibility index (Phi) is 7.07. The first-order chi connectivity index (χ1) is 11.9. The van der Waals surface area contributed by atoms with Crippen LogP contribution in [0.4, 0.5) is 0 Å². The zero-order valence-electron chi connectivity index (χ0n) is 14.6. The number of rotatable bonds is 9. The molecule has 0 aliphatic rings. The van der Waals surface area contributed by atoms with E-state index in [4.69, 9.17) is 0 Å². The van der Waals surface area contributed by atoms with Crippen LogP contribution in [0.3, 0.4) is 0 Å². The molecule has 0 saturated heterocycles. The van der Waals surface area contributed by atoms with Gasteiger partial charge in [0.05, 0.1) is 4.88 Å². The summed E-state index contributed by atoms with van der Waals surface area (Å²) in [6.07, 6.45) is 0.748. The van der Waals surface area contributed by atoms with Crippen LogP contribution < -0.4 is 5.32 Å². The lowest BCUT2D eigenvalue weighted by Gasteiger charge is -2.05. The average molecular weight is 357 g/mol. The van der Waals surface area contributed by atoms with Crippen LogP contribution >= 0.6 is 11.3 Å². The van der Waals surface area contributed by atoms with Crippen LogP contribution in [0.15, 0.2) is 36.4 Å². The Morgan fingerprint density at radius 1 is 0.880 bits per heavy atom. The molecule has 2 aromatic rings. The molecule has 0 spiro atoms. The van der Waals surface area contributed by atoms with Crippen LogP contribution in [-0.4, -0.2) is 17.5 Å². The van der Waals surface area contributed by atoms with Gasteiger partial charge in [0.25, 0.3) is 0 Å². The minimum Gasteiger partial charge on any atom is -0.352 e. The van der Waals surface area contributed by atoms with E-state index in [0.29, 0.717) is 11.4 Å². The number of amides is 1. The van der Waals surface area contributed by atoms with Crippen molar-refractivity contribution in [3.63, 3.8) is 0 Å². The molecule has 1 aromatic heterocycles. The Morgan fingerprint density at radius 2 is 1.56 bits per heavy atom. The van der Waals surface area contributed by atoms with E-state index in [1.807, 2.05) is 44.2 Å². The minimum absolute atomic E-state index is 0.00438. The van der Waals surface area contributed by atoms with Crippen molar-refractivity contribution in [3.05, 3.63) is 57.3 Å². The number of ketones is 2. The highest BCUT2D eigenvalue weighted by molar-refractivity contribution is 7.14. The van der Waals surface area contributed by atoms with Gasteiger partial charge >= 0.3 is 0 Å². The number of benzene rings is 1. The first-order valence-electron chi connectivity index (χ1n) is 8.37. The predicted octanol–water partition coefficient (Wildman–Crippen LogP) is 3.99. The van der Waals surface area contributed by atoms with E-state index in [-0.39, 0.29) is 43.2 Å². The van der Waals surface area contributed by atoms with E-state index in [9.17, 15) is 14.4 Å². The molecule has 1 N–H and O–H groups in total. The number of thiophene rings is 1. The second-order valence-electron chi connectivity index (χ2n) is 6.13. The molecule has 0 atom stereocenters. The molecule has 4 nitrogen and oxygen atoms in total. The van der Waals surface area contributed by atoms with Crippen molar-refractivity contribution in [3.8, 4) is 0 Å². The average Bonchev–Trinajstić information content (AvgIpc) is 3.04. The number of Topliss-reactive ketones (excluding diaryl/α,β-unsaturated/α-hetero) is 2. The van der Waals surface area contributed by atoms with E-state index >= 15 is 0 Å². The van der Waals surface area contributed by atoms with Crippen LogP contribution in [0.2, 0.25) is 0 Å². The lowest BCUT2D eigenvalue weighted by atomic mass is 10.1. The fourth-order valence-electron chi connectivity index (χ4n) is 2.33. The van der Waals surface area contributed by atoms with Gasteiger partial charge in [0.2, 0.25) is 5.91 Å². The lowest BCUT2D eigenvalue weighted by Crippen LogP contribution is -2.23. The Morgan fingerprint density at radius 3 is 2.20 bits per heavy atom. The van der Waals surface area contributed by atoms with Gasteiger partial charge in [0.15, 0.2) is 5.78 Å². The van der Waals surface area contributed by atoms with Gasteiger partial charge in [0.1, 0.15) is 5.78 Å². The predicted molar refractivity (Wildman–Crippen MR) is 99.9 cm³/mol. The van der Waals surface area contributed by atoms with Crippen molar-refractivity contribution >= 4 is 28.8 Å².